The molecule has 0 saturated carbocycles. The molecule has 1 amide bonds. The summed E-state index contributed by atoms with van der Waals surface area (Å²) in [5.74, 6) is 1.13. The number of nitrogens with zero attached hydrogens (tertiary/aromatic N) is 1. The average molecular weight is 466 g/mol. The standard InChI is InChI=1S/C18H15IN2O3S/c1-23-15-8-7-11(9-16(15)24-2)14-10-25-18(20-14)21-17(22)12-5-3-4-6-13(12)19/h3-10H,1-2H3,(H,20,21,22). The molecule has 0 radical (unpaired) electrons. The molecule has 0 aliphatic rings. The zero-order valence-corrected chi connectivity index (χ0v) is 16.6. The second kappa shape index (κ2) is 7.83. The van der Waals surface area contributed by atoms with Gasteiger partial charge >= 0.3 is 0 Å². The van der Waals surface area contributed by atoms with E-state index in [9.17, 15) is 4.79 Å². The zero-order chi connectivity index (χ0) is 17.8. The van der Waals surface area contributed by atoms with Crippen LogP contribution in [0, 0.1) is 3.57 Å². The highest BCUT2D eigenvalue weighted by atomic mass is 127. The van der Waals surface area contributed by atoms with Crippen molar-refractivity contribution in [2.24, 2.45) is 0 Å². The lowest BCUT2D eigenvalue weighted by Crippen LogP contribution is -2.13. The van der Waals surface area contributed by atoms with Gasteiger partial charge in [0.25, 0.3) is 5.91 Å². The fraction of sp³-hybridized carbons (Fsp3) is 0.111. The molecule has 1 heterocycles. The lowest BCUT2D eigenvalue weighted by atomic mass is 10.1. The van der Waals surface area contributed by atoms with E-state index in [2.05, 4.69) is 32.9 Å². The highest BCUT2D eigenvalue weighted by Gasteiger charge is 2.13. The number of halogens is 1. The Labute approximate surface area is 163 Å². The first-order valence-corrected chi connectivity index (χ1v) is 9.32. The summed E-state index contributed by atoms with van der Waals surface area (Å²) in [6, 6.07) is 13.0. The molecule has 0 atom stereocenters. The molecule has 7 heteroatoms. The summed E-state index contributed by atoms with van der Waals surface area (Å²) in [7, 11) is 3.19. The Kier molecular flexibility index (Phi) is 5.54. The number of carbonyl (C=O) groups excluding carboxylic acids is 1. The Morgan fingerprint density at radius 2 is 1.88 bits per heavy atom. The minimum atomic E-state index is -0.168. The Morgan fingerprint density at radius 3 is 2.60 bits per heavy atom. The molecule has 1 aromatic heterocycles. The number of ether oxygens (including phenoxy) is 2. The van der Waals surface area contributed by atoms with Gasteiger partial charge < -0.3 is 9.47 Å². The molecule has 0 bridgehead atoms. The van der Waals surface area contributed by atoms with Crippen molar-refractivity contribution in [1.82, 2.24) is 4.98 Å². The third kappa shape index (κ3) is 3.93. The van der Waals surface area contributed by atoms with Crippen molar-refractivity contribution in [1.29, 1.82) is 0 Å². The van der Waals surface area contributed by atoms with E-state index in [0.29, 0.717) is 22.2 Å². The first-order chi connectivity index (χ1) is 12.1. The first-order valence-electron chi connectivity index (χ1n) is 7.36. The maximum atomic E-state index is 12.4. The number of nitrogens with one attached hydrogen (secondary N) is 1. The molecule has 25 heavy (non-hydrogen) atoms. The molecule has 2 aromatic carbocycles. The Hall–Kier alpha value is -2.13. The predicted octanol–water partition coefficient (Wildman–Crippen LogP) is 4.68. The maximum absolute atomic E-state index is 12.4. The molecule has 0 spiro atoms. The molecule has 5 nitrogen and oxygen atoms in total. The number of methoxy groups -OCH3 is 2. The third-order valence-corrected chi connectivity index (χ3v) is 5.22. The zero-order valence-electron chi connectivity index (χ0n) is 13.6. The number of hydrogen-bond donors (Lipinski definition) is 1. The molecule has 0 saturated heterocycles. The van der Waals surface area contributed by atoms with Gasteiger partial charge in [0.15, 0.2) is 16.6 Å². The summed E-state index contributed by atoms with van der Waals surface area (Å²) in [5, 5.41) is 5.29. The van der Waals surface area contributed by atoms with Crippen molar-refractivity contribution < 1.29 is 14.3 Å². The van der Waals surface area contributed by atoms with E-state index in [1.165, 1.54) is 11.3 Å². The number of carbonyl (C=O) groups is 1. The highest BCUT2D eigenvalue weighted by Crippen LogP contribution is 2.33. The van der Waals surface area contributed by atoms with E-state index < -0.39 is 0 Å². The minimum Gasteiger partial charge on any atom is -0.493 e. The molecule has 0 unspecified atom stereocenters. The number of thiazole rings is 1. The van der Waals surface area contributed by atoms with Crippen molar-refractivity contribution in [3.05, 3.63) is 57.0 Å². The van der Waals surface area contributed by atoms with Gasteiger partial charge in [-0.25, -0.2) is 4.98 Å². The van der Waals surface area contributed by atoms with Crippen molar-refractivity contribution >= 4 is 45.0 Å². The summed E-state index contributed by atoms with van der Waals surface area (Å²) in [5.41, 5.74) is 2.29. The van der Waals surface area contributed by atoms with Crippen LogP contribution in [0.5, 0.6) is 11.5 Å². The number of benzene rings is 2. The van der Waals surface area contributed by atoms with Crippen molar-refractivity contribution in [2.45, 2.75) is 0 Å². The van der Waals surface area contributed by atoms with Crippen molar-refractivity contribution in [2.75, 3.05) is 19.5 Å². The number of anilines is 1. The van der Waals surface area contributed by atoms with E-state index in [1.54, 1.807) is 20.3 Å². The summed E-state index contributed by atoms with van der Waals surface area (Å²) < 4.78 is 11.5. The largest absolute Gasteiger partial charge is 0.493 e. The van der Waals surface area contributed by atoms with E-state index in [1.807, 2.05) is 41.8 Å². The molecule has 0 fully saturated rings. The molecule has 3 aromatic rings. The van der Waals surface area contributed by atoms with Gasteiger partial charge in [0.05, 0.1) is 25.5 Å². The van der Waals surface area contributed by atoms with Crippen LogP contribution in [-0.4, -0.2) is 25.1 Å². The molecular formula is C18H15IN2O3S. The minimum absolute atomic E-state index is 0.168. The quantitative estimate of drug-likeness (QED) is 0.555. The van der Waals surface area contributed by atoms with Crippen LogP contribution in [-0.2, 0) is 0 Å². The van der Waals surface area contributed by atoms with Gasteiger partial charge in [-0.1, -0.05) is 12.1 Å². The van der Waals surface area contributed by atoms with Gasteiger partial charge in [-0.05, 0) is 52.9 Å². The second-order valence-electron chi connectivity index (χ2n) is 5.04. The van der Waals surface area contributed by atoms with E-state index in [0.717, 1.165) is 14.8 Å². The van der Waals surface area contributed by atoms with Crippen LogP contribution < -0.4 is 14.8 Å². The third-order valence-electron chi connectivity index (χ3n) is 3.52. The van der Waals surface area contributed by atoms with E-state index >= 15 is 0 Å². The number of amides is 1. The van der Waals surface area contributed by atoms with E-state index in [4.69, 9.17) is 9.47 Å². The van der Waals surface area contributed by atoms with Crippen LogP contribution >= 0.6 is 33.9 Å². The van der Waals surface area contributed by atoms with Gasteiger partial charge in [-0.3, -0.25) is 10.1 Å². The van der Waals surface area contributed by atoms with Gasteiger partial charge in [-0.2, -0.15) is 0 Å². The fourth-order valence-electron chi connectivity index (χ4n) is 2.27. The van der Waals surface area contributed by atoms with Gasteiger partial charge in [0.2, 0.25) is 0 Å². The maximum Gasteiger partial charge on any atom is 0.258 e. The van der Waals surface area contributed by atoms with Crippen LogP contribution in [0.3, 0.4) is 0 Å². The lowest BCUT2D eigenvalue weighted by molar-refractivity contribution is 0.102. The number of hydrogen-bond acceptors (Lipinski definition) is 5. The van der Waals surface area contributed by atoms with Crippen LogP contribution in [0.4, 0.5) is 5.13 Å². The van der Waals surface area contributed by atoms with Crippen LogP contribution in [0.2, 0.25) is 0 Å². The topological polar surface area (TPSA) is 60.5 Å². The smallest absolute Gasteiger partial charge is 0.258 e. The molecule has 0 aliphatic heterocycles. The van der Waals surface area contributed by atoms with Crippen LogP contribution in [0.25, 0.3) is 11.3 Å². The Morgan fingerprint density at radius 1 is 1.12 bits per heavy atom. The van der Waals surface area contributed by atoms with Gasteiger partial charge in [-0.15, -0.1) is 11.3 Å². The predicted molar refractivity (Wildman–Crippen MR) is 108 cm³/mol. The normalized spacial score (nSPS) is 10.4. The molecule has 1 N–H and O–H groups in total. The second-order valence-corrected chi connectivity index (χ2v) is 7.06. The molecular weight excluding hydrogens is 451 g/mol. The summed E-state index contributed by atoms with van der Waals surface area (Å²) in [6.45, 7) is 0. The average Bonchev–Trinajstić information content (AvgIpc) is 3.09. The Balaban J connectivity index is 1.81. The van der Waals surface area contributed by atoms with Crippen LogP contribution in [0.15, 0.2) is 47.8 Å². The summed E-state index contributed by atoms with van der Waals surface area (Å²) in [6.07, 6.45) is 0. The van der Waals surface area contributed by atoms with Crippen molar-refractivity contribution in [3.8, 4) is 22.8 Å². The SMILES string of the molecule is COc1ccc(-c2csc(NC(=O)c3ccccc3I)n2)cc1OC. The fourth-order valence-corrected chi connectivity index (χ4v) is 3.62. The molecule has 3 rings (SSSR count). The Bertz CT molecular complexity index is 911. The van der Waals surface area contributed by atoms with Gasteiger partial charge in [0, 0.05) is 14.5 Å². The lowest BCUT2D eigenvalue weighted by Gasteiger charge is -2.08. The summed E-state index contributed by atoms with van der Waals surface area (Å²) >= 11 is 3.52. The summed E-state index contributed by atoms with van der Waals surface area (Å²) in [4.78, 5) is 16.9. The first kappa shape index (κ1) is 17.7. The van der Waals surface area contributed by atoms with Gasteiger partial charge in [0.1, 0.15) is 0 Å². The molecule has 0 aliphatic carbocycles. The monoisotopic (exact) mass is 466 g/mol. The van der Waals surface area contributed by atoms with Crippen molar-refractivity contribution in [3.63, 3.8) is 0 Å². The number of aromatic nitrogens is 1. The van der Waals surface area contributed by atoms with Crippen LogP contribution in [0.1, 0.15) is 10.4 Å². The molecule has 128 valence electrons. The number of rotatable bonds is 5. The van der Waals surface area contributed by atoms with E-state index in [-0.39, 0.29) is 5.91 Å². The highest BCUT2D eigenvalue weighted by molar-refractivity contribution is 14.1.